The predicted molar refractivity (Wildman–Crippen MR) is 74.2 cm³/mol. The molecule has 6 nitrogen and oxygen atoms in total. The first-order chi connectivity index (χ1) is 9.65. The van der Waals surface area contributed by atoms with Gasteiger partial charge >= 0.3 is 0 Å². The summed E-state index contributed by atoms with van der Waals surface area (Å²) in [6.45, 7) is 2.26. The maximum atomic E-state index is 12.5. The fourth-order valence-corrected chi connectivity index (χ4v) is 2.50. The quantitative estimate of drug-likeness (QED) is 0.925. The van der Waals surface area contributed by atoms with Gasteiger partial charge in [-0.3, -0.25) is 9.89 Å². The Morgan fingerprint density at radius 2 is 2.35 bits per heavy atom. The highest BCUT2D eigenvalue weighted by Crippen LogP contribution is 2.32. The lowest BCUT2D eigenvalue weighted by Gasteiger charge is -2.29. The summed E-state index contributed by atoms with van der Waals surface area (Å²) in [6.07, 6.45) is 5.59. The number of hydrogen-bond acceptors (Lipinski definition) is 3. The molecule has 20 heavy (non-hydrogen) atoms. The maximum absolute atomic E-state index is 12.5. The smallest absolute Gasteiger partial charge is 0.270 e. The molecule has 2 heterocycles. The van der Waals surface area contributed by atoms with Gasteiger partial charge in [-0.1, -0.05) is 0 Å². The largest absolute Gasteiger partial charge is 0.340 e. The average Bonchev–Trinajstić information content (AvgIpc) is 2.96. The van der Waals surface area contributed by atoms with Gasteiger partial charge in [-0.2, -0.15) is 5.10 Å². The third-order valence-corrected chi connectivity index (χ3v) is 3.83. The van der Waals surface area contributed by atoms with Crippen molar-refractivity contribution in [1.82, 2.24) is 24.6 Å². The Morgan fingerprint density at radius 1 is 1.55 bits per heavy atom. The van der Waals surface area contributed by atoms with Crippen molar-refractivity contribution in [3.63, 3.8) is 0 Å². The highest BCUT2D eigenvalue weighted by Gasteiger charge is 2.24. The Kier molecular flexibility index (Phi) is 3.30. The first kappa shape index (κ1) is 12.9. The van der Waals surface area contributed by atoms with Crippen molar-refractivity contribution in [2.45, 2.75) is 38.8 Å². The van der Waals surface area contributed by atoms with Crippen molar-refractivity contribution in [1.29, 1.82) is 0 Å². The molecule has 1 amide bonds. The minimum Gasteiger partial charge on any atom is -0.340 e. The number of nitrogens with one attached hydrogen (secondary N) is 1. The van der Waals surface area contributed by atoms with E-state index in [1.54, 1.807) is 11.9 Å². The maximum Gasteiger partial charge on any atom is 0.270 e. The van der Waals surface area contributed by atoms with Crippen molar-refractivity contribution in [2.24, 2.45) is 0 Å². The van der Waals surface area contributed by atoms with Gasteiger partial charge in [-0.05, 0) is 38.3 Å². The van der Waals surface area contributed by atoms with Gasteiger partial charge in [0.1, 0.15) is 11.5 Å². The van der Waals surface area contributed by atoms with Crippen molar-refractivity contribution in [2.75, 3.05) is 7.05 Å². The van der Waals surface area contributed by atoms with E-state index in [4.69, 9.17) is 0 Å². The van der Waals surface area contributed by atoms with Crippen LogP contribution in [0.2, 0.25) is 0 Å². The number of nitrogens with zero attached hydrogens (tertiary/aromatic N) is 4. The number of carbonyl (C=O) groups is 1. The van der Waals surface area contributed by atoms with E-state index in [2.05, 4.69) is 19.7 Å². The van der Waals surface area contributed by atoms with Gasteiger partial charge in [0, 0.05) is 19.3 Å². The third kappa shape index (κ3) is 2.33. The van der Waals surface area contributed by atoms with Crippen molar-refractivity contribution < 1.29 is 4.79 Å². The Bertz CT molecular complexity index is 611. The van der Waals surface area contributed by atoms with Gasteiger partial charge in [0.05, 0.1) is 6.54 Å². The van der Waals surface area contributed by atoms with E-state index in [1.165, 1.54) is 19.3 Å². The molecule has 0 spiro atoms. The van der Waals surface area contributed by atoms with E-state index >= 15 is 0 Å². The molecule has 0 atom stereocenters. The van der Waals surface area contributed by atoms with Crippen LogP contribution in [0.4, 0.5) is 0 Å². The van der Waals surface area contributed by atoms with Gasteiger partial charge in [0.25, 0.3) is 5.91 Å². The molecule has 106 valence electrons. The summed E-state index contributed by atoms with van der Waals surface area (Å²) in [5.74, 6) is 1.42. The van der Waals surface area contributed by atoms with Gasteiger partial charge in [0.15, 0.2) is 5.82 Å². The van der Waals surface area contributed by atoms with Crippen LogP contribution in [0, 0.1) is 6.92 Å². The second kappa shape index (κ2) is 5.11. The summed E-state index contributed by atoms with van der Waals surface area (Å²) < 4.78 is 2.10. The summed E-state index contributed by atoms with van der Waals surface area (Å²) in [4.78, 5) is 18.4. The third-order valence-electron chi connectivity index (χ3n) is 3.83. The summed E-state index contributed by atoms with van der Waals surface area (Å²) in [6, 6.07) is 4.32. The van der Waals surface area contributed by atoms with E-state index in [9.17, 15) is 4.79 Å². The van der Waals surface area contributed by atoms with E-state index < -0.39 is 0 Å². The second-order valence-electron chi connectivity index (χ2n) is 5.38. The lowest BCUT2D eigenvalue weighted by Crippen LogP contribution is -2.30. The number of aryl methyl sites for hydroxylation is 1. The molecule has 2 aromatic rings. The minimum absolute atomic E-state index is 0.0179. The Labute approximate surface area is 117 Å². The van der Waals surface area contributed by atoms with Crippen LogP contribution in [0.1, 0.15) is 47.4 Å². The molecule has 6 heteroatoms. The fourth-order valence-electron chi connectivity index (χ4n) is 2.50. The number of aromatic nitrogens is 4. The molecular formula is C14H19N5O. The van der Waals surface area contributed by atoms with Gasteiger partial charge in [-0.25, -0.2) is 4.98 Å². The highest BCUT2D eigenvalue weighted by molar-refractivity contribution is 5.92. The standard InChI is InChI=1S/C14H19N5O/c1-10-15-13(17-16-10)9-18(2)14(20)12-7-4-8-19(12)11-5-3-6-11/h4,7-8,11H,3,5-6,9H2,1-2H3,(H,15,16,17). The SMILES string of the molecule is Cc1nc(CN(C)C(=O)c2cccn2C2CCC2)n[nH]1. The van der Waals surface area contributed by atoms with Crippen LogP contribution in [0.25, 0.3) is 0 Å². The molecule has 0 bridgehead atoms. The van der Waals surface area contributed by atoms with Gasteiger partial charge < -0.3 is 9.47 Å². The van der Waals surface area contributed by atoms with Crippen molar-refractivity contribution in [3.8, 4) is 0 Å². The molecule has 1 aliphatic carbocycles. The molecule has 1 saturated carbocycles. The van der Waals surface area contributed by atoms with E-state index in [1.807, 2.05) is 25.3 Å². The molecule has 0 radical (unpaired) electrons. The first-order valence-electron chi connectivity index (χ1n) is 6.95. The van der Waals surface area contributed by atoms with Crippen LogP contribution in [-0.4, -0.2) is 37.6 Å². The van der Waals surface area contributed by atoms with Gasteiger partial charge in [0.2, 0.25) is 0 Å². The normalized spacial score (nSPS) is 15.1. The van der Waals surface area contributed by atoms with E-state index in [0.29, 0.717) is 18.4 Å². The van der Waals surface area contributed by atoms with Crippen LogP contribution in [0.3, 0.4) is 0 Å². The monoisotopic (exact) mass is 273 g/mol. The number of H-pyrrole nitrogens is 1. The zero-order chi connectivity index (χ0) is 14.1. The molecule has 3 rings (SSSR count). The van der Waals surface area contributed by atoms with Gasteiger partial charge in [-0.15, -0.1) is 0 Å². The summed E-state index contributed by atoms with van der Waals surface area (Å²) in [5, 5.41) is 6.86. The highest BCUT2D eigenvalue weighted by atomic mass is 16.2. The number of hydrogen-bond donors (Lipinski definition) is 1. The summed E-state index contributed by atoms with van der Waals surface area (Å²) >= 11 is 0. The molecule has 0 aromatic carbocycles. The zero-order valence-electron chi connectivity index (χ0n) is 11.8. The second-order valence-corrected chi connectivity index (χ2v) is 5.38. The van der Waals surface area contributed by atoms with Crippen LogP contribution in [-0.2, 0) is 6.54 Å². The summed E-state index contributed by atoms with van der Waals surface area (Å²) in [5.41, 5.74) is 0.754. The van der Waals surface area contributed by atoms with Crippen molar-refractivity contribution >= 4 is 5.91 Å². The lowest BCUT2D eigenvalue weighted by atomic mass is 9.93. The number of rotatable bonds is 4. The fraction of sp³-hybridized carbons (Fsp3) is 0.500. The number of carbonyl (C=O) groups excluding carboxylic acids is 1. The van der Waals surface area contributed by atoms with E-state index in [0.717, 1.165) is 11.5 Å². The number of amides is 1. The van der Waals surface area contributed by atoms with Crippen LogP contribution in [0.5, 0.6) is 0 Å². The van der Waals surface area contributed by atoms with Crippen LogP contribution >= 0.6 is 0 Å². The lowest BCUT2D eigenvalue weighted by molar-refractivity contribution is 0.0765. The predicted octanol–water partition coefficient (Wildman–Crippen LogP) is 1.91. The molecular weight excluding hydrogens is 254 g/mol. The molecule has 1 fully saturated rings. The van der Waals surface area contributed by atoms with Crippen molar-refractivity contribution in [3.05, 3.63) is 35.7 Å². The number of aromatic amines is 1. The Morgan fingerprint density at radius 3 is 2.95 bits per heavy atom. The molecule has 0 unspecified atom stereocenters. The van der Waals surface area contributed by atoms with Crippen LogP contribution < -0.4 is 0 Å². The Hall–Kier alpha value is -2.11. The molecule has 1 N–H and O–H groups in total. The summed E-state index contributed by atoms with van der Waals surface area (Å²) in [7, 11) is 1.78. The first-order valence-corrected chi connectivity index (χ1v) is 6.95. The van der Waals surface area contributed by atoms with E-state index in [-0.39, 0.29) is 5.91 Å². The molecule has 0 aliphatic heterocycles. The Balaban J connectivity index is 1.73. The topological polar surface area (TPSA) is 66.8 Å². The molecule has 1 aliphatic rings. The zero-order valence-corrected chi connectivity index (χ0v) is 11.8. The molecule has 2 aromatic heterocycles. The average molecular weight is 273 g/mol. The minimum atomic E-state index is 0.0179. The van der Waals surface area contributed by atoms with Crippen LogP contribution in [0.15, 0.2) is 18.3 Å². The molecule has 0 saturated heterocycles.